The van der Waals surface area contributed by atoms with E-state index in [1.54, 1.807) is 26.0 Å². The highest BCUT2D eigenvalue weighted by molar-refractivity contribution is 8.01. The SMILES string of the molecule is CCOC(=O)CSC(C)C(=O)Nc1ccc(S(=O)(=O)N2CCCCC2)cc1. The molecular weight excluding hydrogens is 388 g/mol. The van der Waals surface area contributed by atoms with Gasteiger partial charge in [0.05, 0.1) is 22.5 Å². The topological polar surface area (TPSA) is 92.8 Å². The highest BCUT2D eigenvalue weighted by Gasteiger charge is 2.25. The lowest BCUT2D eigenvalue weighted by Gasteiger charge is -2.25. The van der Waals surface area contributed by atoms with Crippen LogP contribution in [0.1, 0.15) is 33.1 Å². The summed E-state index contributed by atoms with van der Waals surface area (Å²) in [5, 5.41) is 2.30. The summed E-state index contributed by atoms with van der Waals surface area (Å²) >= 11 is 1.19. The zero-order valence-corrected chi connectivity index (χ0v) is 17.3. The van der Waals surface area contributed by atoms with E-state index in [1.165, 1.54) is 28.2 Å². The molecule has 0 saturated carbocycles. The molecule has 1 heterocycles. The van der Waals surface area contributed by atoms with Crippen LogP contribution in [0.3, 0.4) is 0 Å². The van der Waals surface area contributed by atoms with Gasteiger partial charge in [0.25, 0.3) is 0 Å². The average Bonchev–Trinajstić information content (AvgIpc) is 2.67. The van der Waals surface area contributed by atoms with Crippen molar-refractivity contribution in [1.82, 2.24) is 4.31 Å². The van der Waals surface area contributed by atoms with Crippen LogP contribution in [-0.2, 0) is 24.3 Å². The maximum Gasteiger partial charge on any atom is 0.315 e. The maximum atomic E-state index is 12.6. The Morgan fingerprint density at radius 3 is 2.41 bits per heavy atom. The summed E-state index contributed by atoms with van der Waals surface area (Å²) in [6.07, 6.45) is 2.83. The Balaban J connectivity index is 1.92. The molecule has 1 atom stereocenters. The molecule has 1 N–H and O–H groups in total. The molecule has 2 rings (SSSR count). The van der Waals surface area contributed by atoms with Crippen molar-refractivity contribution in [2.24, 2.45) is 0 Å². The first-order chi connectivity index (χ1) is 12.8. The first kappa shape index (κ1) is 21.7. The number of carbonyl (C=O) groups excluding carboxylic acids is 2. The average molecular weight is 415 g/mol. The zero-order valence-electron chi connectivity index (χ0n) is 15.6. The van der Waals surface area contributed by atoms with Crippen molar-refractivity contribution in [3.8, 4) is 0 Å². The Labute approximate surface area is 164 Å². The summed E-state index contributed by atoms with van der Waals surface area (Å²) in [5.41, 5.74) is 0.515. The minimum atomic E-state index is -3.48. The second kappa shape index (κ2) is 10.1. The highest BCUT2D eigenvalue weighted by Crippen LogP contribution is 2.22. The number of carbonyl (C=O) groups is 2. The van der Waals surface area contributed by atoms with Crippen molar-refractivity contribution < 1.29 is 22.7 Å². The van der Waals surface area contributed by atoms with Gasteiger partial charge in [0, 0.05) is 18.8 Å². The number of thioether (sulfide) groups is 1. The molecule has 1 aliphatic heterocycles. The molecule has 1 aromatic rings. The summed E-state index contributed by atoms with van der Waals surface area (Å²) in [6, 6.07) is 6.18. The van der Waals surface area contributed by atoms with Gasteiger partial charge in [-0.15, -0.1) is 11.8 Å². The third-order valence-corrected chi connectivity index (χ3v) is 7.23. The number of sulfonamides is 1. The van der Waals surface area contributed by atoms with E-state index in [2.05, 4.69) is 5.32 Å². The Bertz CT molecular complexity index is 744. The number of amides is 1. The number of piperidine rings is 1. The summed E-state index contributed by atoms with van der Waals surface area (Å²) in [5.74, 6) is -0.500. The van der Waals surface area contributed by atoms with Crippen LogP contribution >= 0.6 is 11.8 Å². The Morgan fingerprint density at radius 1 is 1.19 bits per heavy atom. The van der Waals surface area contributed by atoms with Gasteiger partial charge in [-0.25, -0.2) is 8.42 Å². The van der Waals surface area contributed by atoms with Crippen molar-refractivity contribution >= 4 is 39.3 Å². The molecule has 1 unspecified atom stereocenters. The van der Waals surface area contributed by atoms with Gasteiger partial charge in [-0.2, -0.15) is 4.31 Å². The molecule has 7 nitrogen and oxygen atoms in total. The first-order valence-corrected chi connectivity index (χ1v) is 11.5. The lowest BCUT2D eigenvalue weighted by atomic mass is 10.2. The number of nitrogens with zero attached hydrogens (tertiary/aromatic N) is 1. The zero-order chi connectivity index (χ0) is 19.9. The number of nitrogens with one attached hydrogen (secondary N) is 1. The molecule has 1 saturated heterocycles. The van der Waals surface area contributed by atoms with E-state index >= 15 is 0 Å². The minimum Gasteiger partial charge on any atom is -0.465 e. The highest BCUT2D eigenvalue weighted by atomic mass is 32.2. The van der Waals surface area contributed by atoms with Gasteiger partial charge in [0.15, 0.2) is 0 Å². The molecule has 27 heavy (non-hydrogen) atoms. The van der Waals surface area contributed by atoms with Gasteiger partial charge in [0.2, 0.25) is 15.9 Å². The van der Waals surface area contributed by atoms with Gasteiger partial charge in [0.1, 0.15) is 0 Å². The van der Waals surface area contributed by atoms with Crippen LogP contribution in [-0.4, -0.2) is 55.3 Å². The molecule has 1 aliphatic rings. The number of ether oxygens (including phenoxy) is 1. The number of hydrogen-bond acceptors (Lipinski definition) is 6. The fourth-order valence-corrected chi connectivity index (χ4v) is 4.88. The van der Waals surface area contributed by atoms with Crippen molar-refractivity contribution in [2.75, 3.05) is 30.8 Å². The summed E-state index contributed by atoms with van der Waals surface area (Å²) < 4.78 is 31.6. The van der Waals surface area contributed by atoms with E-state index in [4.69, 9.17) is 4.74 Å². The number of rotatable bonds is 8. The van der Waals surface area contributed by atoms with E-state index in [1.807, 2.05) is 0 Å². The molecule has 1 fully saturated rings. The largest absolute Gasteiger partial charge is 0.465 e. The van der Waals surface area contributed by atoms with E-state index < -0.39 is 15.3 Å². The lowest BCUT2D eigenvalue weighted by Crippen LogP contribution is -2.35. The second-order valence-electron chi connectivity index (χ2n) is 6.24. The van der Waals surface area contributed by atoms with Gasteiger partial charge >= 0.3 is 5.97 Å². The molecule has 0 spiro atoms. The molecule has 0 bridgehead atoms. The molecular formula is C18H26N2O5S2. The van der Waals surface area contributed by atoms with E-state index in [-0.39, 0.29) is 22.5 Å². The van der Waals surface area contributed by atoms with E-state index in [0.29, 0.717) is 25.4 Å². The minimum absolute atomic E-state index is 0.107. The van der Waals surface area contributed by atoms with Gasteiger partial charge in [-0.3, -0.25) is 9.59 Å². The van der Waals surface area contributed by atoms with Crippen LogP contribution in [0, 0.1) is 0 Å². The van der Waals surface area contributed by atoms with Crippen LogP contribution in [0.25, 0.3) is 0 Å². The monoisotopic (exact) mass is 414 g/mol. The Kier molecular flexibility index (Phi) is 8.12. The standard InChI is InChI=1S/C18H26N2O5S2/c1-3-25-17(21)13-26-14(2)18(22)19-15-7-9-16(10-8-15)27(23,24)20-11-5-4-6-12-20/h7-10,14H,3-6,11-13H2,1-2H3,(H,19,22). The van der Waals surface area contributed by atoms with Gasteiger partial charge in [-0.05, 0) is 51.0 Å². The fraction of sp³-hybridized carbons (Fsp3) is 0.556. The normalized spacial score (nSPS) is 16.5. The molecule has 0 aromatic heterocycles. The quantitative estimate of drug-likeness (QED) is 0.657. The van der Waals surface area contributed by atoms with Crippen LogP contribution in [0.4, 0.5) is 5.69 Å². The number of hydrogen-bond donors (Lipinski definition) is 1. The first-order valence-electron chi connectivity index (χ1n) is 9.03. The van der Waals surface area contributed by atoms with Crippen molar-refractivity contribution in [3.05, 3.63) is 24.3 Å². The molecule has 150 valence electrons. The van der Waals surface area contributed by atoms with Crippen LogP contribution in [0.5, 0.6) is 0 Å². The number of anilines is 1. The molecule has 9 heteroatoms. The van der Waals surface area contributed by atoms with Crippen molar-refractivity contribution in [2.45, 2.75) is 43.3 Å². The Hall–Kier alpha value is -1.58. The van der Waals surface area contributed by atoms with Crippen molar-refractivity contribution in [3.63, 3.8) is 0 Å². The summed E-state index contributed by atoms with van der Waals surface area (Å²) in [6.45, 7) is 4.85. The molecule has 0 aliphatic carbocycles. The number of esters is 1. The smallest absolute Gasteiger partial charge is 0.315 e. The van der Waals surface area contributed by atoms with Crippen molar-refractivity contribution in [1.29, 1.82) is 0 Å². The van der Waals surface area contributed by atoms with Gasteiger partial charge in [-0.1, -0.05) is 6.42 Å². The van der Waals surface area contributed by atoms with E-state index in [0.717, 1.165) is 19.3 Å². The number of benzene rings is 1. The predicted molar refractivity (Wildman–Crippen MR) is 106 cm³/mol. The van der Waals surface area contributed by atoms with E-state index in [9.17, 15) is 18.0 Å². The lowest BCUT2D eigenvalue weighted by molar-refractivity contribution is -0.139. The molecule has 1 aromatic carbocycles. The Morgan fingerprint density at radius 2 is 1.81 bits per heavy atom. The third-order valence-electron chi connectivity index (χ3n) is 4.20. The maximum absolute atomic E-state index is 12.6. The van der Waals surface area contributed by atoms with Gasteiger partial charge < -0.3 is 10.1 Å². The van der Waals surface area contributed by atoms with Crippen LogP contribution in [0.2, 0.25) is 0 Å². The third kappa shape index (κ3) is 6.22. The van der Waals surface area contributed by atoms with Crippen LogP contribution < -0.4 is 5.32 Å². The second-order valence-corrected chi connectivity index (χ2v) is 9.50. The van der Waals surface area contributed by atoms with Crippen LogP contribution in [0.15, 0.2) is 29.2 Å². The fourth-order valence-electron chi connectivity index (χ4n) is 2.68. The predicted octanol–water partition coefficient (Wildman–Crippen LogP) is 2.48. The summed E-state index contributed by atoms with van der Waals surface area (Å²) in [7, 11) is -3.48. The molecule has 0 radical (unpaired) electrons. The summed E-state index contributed by atoms with van der Waals surface area (Å²) in [4.78, 5) is 23.8. The molecule has 1 amide bonds.